The number of carbonyl (C=O) groups is 1. The molecular weight excluding hydrogens is 478 g/mol. The Kier molecular flexibility index (Phi) is 11.3. The van der Waals surface area contributed by atoms with Crippen molar-refractivity contribution in [2.45, 2.75) is 71.2 Å². The van der Waals surface area contributed by atoms with Gasteiger partial charge in [-0.25, -0.2) is 4.79 Å². The van der Waals surface area contributed by atoms with E-state index in [0.717, 1.165) is 11.1 Å². The third-order valence-corrected chi connectivity index (χ3v) is 6.02. The van der Waals surface area contributed by atoms with Gasteiger partial charge in [0.25, 0.3) is 0 Å². The summed E-state index contributed by atoms with van der Waals surface area (Å²) in [5, 5.41) is 40.5. The Morgan fingerprint density at radius 3 is 1.95 bits per heavy atom. The van der Waals surface area contributed by atoms with Gasteiger partial charge in [-0.05, 0) is 63.8 Å². The van der Waals surface area contributed by atoms with Crippen molar-refractivity contribution < 1.29 is 43.9 Å². The summed E-state index contributed by atoms with van der Waals surface area (Å²) in [6, 6.07) is 3.41. The van der Waals surface area contributed by atoms with Gasteiger partial charge < -0.3 is 39.1 Å². The van der Waals surface area contributed by atoms with Crippen molar-refractivity contribution in [1.82, 2.24) is 0 Å². The minimum absolute atomic E-state index is 0.276. The average molecular weight is 523 g/mol. The van der Waals surface area contributed by atoms with E-state index in [9.17, 15) is 25.2 Å². The molecule has 208 valence electrons. The first-order valence-electron chi connectivity index (χ1n) is 12.6. The molecule has 0 amide bonds. The molecule has 1 aliphatic heterocycles. The molecule has 0 aromatic heterocycles. The smallest absolute Gasteiger partial charge is 0.338 e. The molecule has 1 saturated heterocycles. The number of aliphatic hydroxyl groups excluding tert-OH is 4. The number of rotatable bonds is 11. The summed E-state index contributed by atoms with van der Waals surface area (Å²) in [6.07, 6.45) is -2.17. The van der Waals surface area contributed by atoms with E-state index >= 15 is 0 Å². The number of benzene rings is 1. The topological polar surface area (TPSA) is 126 Å². The lowest BCUT2D eigenvalue weighted by atomic mass is 9.97. The maximum Gasteiger partial charge on any atom is 0.338 e. The fourth-order valence-corrected chi connectivity index (χ4v) is 3.73. The van der Waals surface area contributed by atoms with Gasteiger partial charge in [0.1, 0.15) is 43.3 Å². The van der Waals surface area contributed by atoms with Crippen LogP contribution in [-0.2, 0) is 22.3 Å². The number of likely N-dealkylation sites (N-methyl/N-ethyl adjacent to an activating group) is 1. The van der Waals surface area contributed by atoms with E-state index in [1.807, 2.05) is 61.0 Å². The summed E-state index contributed by atoms with van der Waals surface area (Å²) < 4.78 is 18.0. The Hall–Kier alpha value is -2.27. The molecule has 0 spiro atoms. The fraction of sp³-hybridized carbons (Fsp3) is 0.607. The third-order valence-electron chi connectivity index (χ3n) is 6.02. The zero-order valence-corrected chi connectivity index (χ0v) is 23.1. The highest BCUT2D eigenvalue weighted by Crippen LogP contribution is 2.33. The van der Waals surface area contributed by atoms with Gasteiger partial charge in [-0.1, -0.05) is 23.3 Å². The van der Waals surface area contributed by atoms with Crippen LogP contribution < -0.4 is 4.74 Å². The van der Waals surface area contributed by atoms with Crippen LogP contribution >= 0.6 is 0 Å². The molecule has 2 rings (SSSR count). The molecule has 0 aliphatic carbocycles. The molecule has 9 heteroatoms. The first-order chi connectivity index (χ1) is 17.2. The normalized spacial score (nSPS) is 23.8. The number of quaternary nitrogens is 1. The molecule has 4 N–H and O–H groups in total. The molecule has 1 aliphatic rings. The number of aliphatic hydroxyl groups is 4. The number of hydrogen-bond acceptors (Lipinski definition) is 8. The van der Waals surface area contributed by atoms with E-state index in [1.54, 1.807) is 12.1 Å². The number of esters is 1. The van der Waals surface area contributed by atoms with Crippen LogP contribution in [0.1, 0.15) is 49.2 Å². The van der Waals surface area contributed by atoms with Gasteiger partial charge in [0.05, 0.1) is 33.3 Å². The Morgan fingerprint density at radius 1 is 0.946 bits per heavy atom. The van der Waals surface area contributed by atoms with Gasteiger partial charge in [-0.3, -0.25) is 0 Å². The lowest BCUT2D eigenvalue weighted by Gasteiger charge is -2.40. The molecular formula is C28H44NO8+. The minimum atomic E-state index is -1.56. The summed E-state index contributed by atoms with van der Waals surface area (Å²) in [5.41, 5.74) is 3.88. The van der Waals surface area contributed by atoms with Crippen molar-refractivity contribution in [2.24, 2.45) is 0 Å². The van der Waals surface area contributed by atoms with Crippen molar-refractivity contribution in [1.29, 1.82) is 0 Å². The predicted molar refractivity (Wildman–Crippen MR) is 140 cm³/mol. The van der Waals surface area contributed by atoms with Crippen molar-refractivity contribution in [3.63, 3.8) is 0 Å². The molecule has 1 heterocycles. The highest BCUT2D eigenvalue weighted by Gasteiger charge is 2.45. The monoisotopic (exact) mass is 522 g/mol. The highest BCUT2D eigenvalue weighted by molar-refractivity contribution is 5.90. The van der Waals surface area contributed by atoms with E-state index in [1.165, 1.54) is 0 Å². The Bertz CT molecular complexity index is 930. The SMILES string of the molecule is CC(C)=CCc1cc(C(=O)OCC[N+](C)(C)C)cc(CC=C(C)C)c1OC1OC(CO)C(O)C(O)C1O. The molecule has 5 unspecified atom stereocenters. The summed E-state index contributed by atoms with van der Waals surface area (Å²) >= 11 is 0. The fourth-order valence-electron chi connectivity index (χ4n) is 3.73. The second kappa shape index (κ2) is 13.5. The van der Waals surface area contributed by atoms with Crippen molar-refractivity contribution >= 4 is 5.97 Å². The molecule has 0 saturated carbocycles. The van der Waals surface area contributed by atoms with Crippen molar-refractivity contribution in [3.05, 3.63) is 52.1 Å². The molecule has 0 radical (unpaired) electrons. The van der Waals surface area contributed by atoms with Gasteiger partial charge in [-0.2, -0.15) is 0 Å². The minimum Gasteiger partial charge on any atom is -0.461 e. The number of ether oxygens (including phenoxy) is 3. The van der Waals surface area contributed by atoms with Gasteiger partial charge in [0, 0.05) is 0 Å². The zero-order valence-electron chi connectivity index (χ0n) is 23.1. The maximum atomic E-state index is 13.0. The molecule has 1 aromatic carbocycles. The first kappa shape index (κ1) is 31.0. The van der Waals surface area contributed by atoms with E-state index < -0.39 is 43.3 Å². The molecule has 1 aromatic rings. The average Bonchev–Trinajstić information content (AvgIpc) is 2.81. The number of nitrogens with zero attached hydrogens (tertiary/aromatic N) is 1. The number of allylic oxidation sites excluding steroid dienone is 4. The van der Waals surface area contributed by atoms with Gasteiger partial charge in [-0.15, -0.1) is 0 Å². The van der Waals surface area contributed by atoms with Crippen LogP contribution in [0.2, 0.25) is 0 Å². The van der Waals surface area contributed by atoms with Crippen LogP contribution in [0, 0.1) is 0 Å². The lowest BCUT2D eigenvalue weighted by Crippen LogP contribution is -2.60. The molecule has 5 atom stereocenters. The van der Waals surface area contributed by atoms with Gasteiger partial charge in [0.2, 0.25) is 6.29 Å². The number of hydrogen-bond donors (Lipinski definition) is 4. The highest BCUT2D eigenvalue weighted by atomic mass is 16.7. The standard InChI is InChI=1S/C28H44NO8/c1-17(2)8-10-19-14-21(27(34)35-13-12-29(5,6)7)15-20(11-9-18(3)4)26(19)37-28-25(33)24(32)23(31)22(16-30)36-28/h8-9,14-15,22-25,28,30-33H,10-13,16H2,1-7H3/q+1. The van der Waals surface area contributed by atoms with Crippen LogP contribution in [0.5, 0.6) is 5.75 Å². The van der Waals surface area contributed by atoms with Crippen LogP contribution in [0.25, 0.3) is 0 Å². The third kappa shape index (κ3) is 9.21. The summed E-state index contributed by atoms with van der Waals surface area (Å²) in [6.45, 7) is 8.24. The summed E-state index contributed by atoms with van der Waals surface area (Å²) in [5.74, 6) is -0.0352. The summed E-state index contributed by atoms with van der Waals surface area (Å²) in [4.78, 5) is 13.0. The van der Waals surface area contributed by atoms with Crippen LogP contribution in [-0.4, -0.2) is 102 Å². The van der Waals surface area contributed by atoms with Gasteiger partial charge >= 0.3 is 5.97 Å². The molecule has 0 bridgehead atoms. The largest absolute Gasteiger partial charge is 0.461 e. The van der Waals surface area contributed by atoms with Crippen molar-refractivity contribution in [3.8, 4) is 5.75 Å². The number of carbonyl (C=O) groups excluding carboxylic acids is 1. The second-order valence-corrected chi connectivity index (χ2v) is 11.1. The van der Waals surface area contributed by atoms with Gasteiger partial charge in [0.15, 0.2) is 0 Å². The zero-order chi connectivity index (χ0) is 27.9. The Labute approximate surface area is 220 Å². The lowest BCUT2D eigenvalue weighted by molar-refractivity contribution is -0.870. The molecule has 37 heavy (non-hydrogen) atoms. The first-order valence-corrected chi connectivity index (χ1v) is 12.6. The molecule has 1 fully saturated rings. The Morgan fingerprint density at radius 2 is 1.49 bits per heavy atom. The van der Waals surface area contributed by atoms with E-state index in [0.29, 0.717) is 46.3 Å². The van der Waals surface area contributed by atoms with Crippen LogP contribution in [0.3, 0.4) is 0 Å². The van der Waals surface area contributed by atoms with E-state index in [4.69, 9.17) is 14.2 Å². The Balaban J connectivity index is 2.51. The molecule has 9 nitrogen and oxygen atoms in total. The van der Waals surface area contributed by atoms with Crippen LogP contribution in [0.15, 0.2) is 35.4 Å². The predicted octanol–water partition coefficient (Wildman–Crippen LogP) is 1.75. The second-order valence-electron chi connectivity index (χ2n) is 11.1. The maximum absolute atomic E-state index is 13.0. The van der Waals surface area contributed by atoms with Crippen LogP contribution in [0.4, 0.5) is 0 Å². The summed E-state index contributed by atoms with van der Waals surface area (Å²) in [7, 11) is 6.07. The van der Waals surface area contributed by atoms with E-state index in [2.05, 4.69) is 0 Å². The van der Waals surface area contributed by atoms with E-state index in [-0.39, 0.29) is 6.61 Å². The van der Waals surface area contributed by atoms with Crippen molar-refractivity contribution in [2.75, 3.05) is 40.9 Å². The quantitative estimate of drug-likeness (QED) is 0.197.